The van der Waals surface area contributed by atoms with Crippen LogP contribution in [0.4, 0.5) is 5.69 Å². The molecule has 0 amide bonds. The maximum Gasteiger partial charge on any atom is 0.0577 e. The van der Waals surface area contributed by atoms with Crippen LogP contribution in [0.1, 0.15) is 36.1 Å². The highest BCUT2D eigenvalue weighted by molar-refractivity contribution is 5.49. The summed E-state index contributed by atoms with van der Waals surface area (Å²) in [5, 5.41) is 3.68. The zero-order valence-corrected chi connectivity index (χ0v) is 13.6. The van der Waals surface area contributed by atoms with Gasteiger partial charge in [0.25, 0.3) is 0 Å². The Morgan fingerprint density at radius 2 is 1.67 bits per heavy atom. The predicted octanol–water partition coefficient (Wildman–Crippen LogP) is 4.15. The van der Waals surface area contributed by atoms with Crippen molar-refractivity contribution >= 4 is 5.69 Å². The summed E-state index contributed by atoms with van der Waals surface area (Å²) < 4.78 is 0. The van der Waals surface area contributed by atoms with Gasteiger partial charge < -0.3 is 10.2 Å². The molecule has 0 spiro atoms. The standard InChI is InChI=1S/C19H26N2/c1-5-12-20-19(16-9-6-8-15(2)13-16)17-10-7-11-18(14-17)21(3)4/h6-11,13-14,19-20H,5,12H2,1-4H3. The van der Waals surface area contributed by atoms with Crippen LogP contribution < -0.4 is 10.2 Å². The molecular formula is C19H26N2. The van der Waals surface area contributed by atoms with Crippen molar-refractivity contribution < 1.29 is 0 Å². The largest absolute Gasteiger partial charge is 0.378 e. The minimum atomic E-state index is 0.254. The molecule has 1 N–H and O–H groups in total. The van der Waals surface area contributed by atoms with Gasteiger partial charge in [-0.25, -0.2) is 0 Å². The molecule has 2 aromatic rings. The number of hydrogen-bond acceptors (Lipinski definition) is 2. The molecule has 0 fully saturated rings. The molecule has 0 aliphatic rings. The Bertz CT molecular complexity index is 575. The van der Waals surface area contributed by atoms with Crippen LogP contribution in [0.15, 0.2) is 48.5 Å². The highest BCUT2D eigenvalue weighted by Crippen LogP contribution is 2.26. The summed E-state index contributed by atoms with van der Waals surface area (Å²) in [6.45, 7) is 5.37. The van der Waals surface area contributed by atoms with Crippen LogP contribution in [0.2, 0.25) is 0 Å². The smallest absolute Gasteiger partial charge is 0.0577 e. The van der Waals surface area contributed by atoms with Gasteiger partial charge in [-0.05, 0) is 43.1 Å². The quantitative estimate of drug-likeness (QED) is 0.856. The van der Waals surface area contributed by atoms with Gasteiger partial charge in [0, 0.05) is 19.8 Å². The third-order valence-electron chi connectivity index (χ3n) is 3.69. The monoisotopic (exact) mass is 282 g/mol. The molecule has 0 aromatic heterocycles. The van der Waals surface area contributed by atoms with Crippen LogP contribution in [0, 0.1) is 6.92 Å². The van der Waals surface area contributed by atoms with Crippen LogP contribution in [-0.4, -0.2) is 20.6 Å². The summed E-state index contributed by atoms with van der Waals surface area (Å²) in [5.74, 6) is 0. The lowest BCUT2D eigenvalue weighted by atomic mass is 9.96. The topological polar surface area (TPSA) is 15.3 Å². The third kappa shape index (κ3) is 4.08. The van der Waals surface area contributed by atoms with Crippen molar-refractivity contribution in [1.82, 2.24) is 5.32 Å². The second kappa shape index (κ2) is 7.28. The molecule has 0 aliphatic carbocycles. The first kappa shape index (κ1) is 15.6. The average Bonchev–Trinajstić information content (AvgIpc) is 2.48. The number of nitrogens with one attached hydrogen (secondary N) is 1. The summed E-state index contributed by atoms with van der Waals surface area (Å²) >= 11 is 0. The SMILES string of the molecule is CCCNC(c1cccc(C)c1)c1cccc(N(C)C)c1. The van der Waals surface area contributed by atoms with Crippen molar-refractivity contribution in [2.24, 2.45) is 0 Å². The fraction of sp³-hybridized carbons (Fsp3) is 0.368. The van der Waals surface area contributed by atoms with E-state index in [4.69, 9.17) is 0 Å². The fourth-order valence-corrected chi connectivity index (χ4v) is 2.55. The molecule has 0 bridgehead atoms. The summed E-state index contributed by atoms with van der Waals surface area (Å²) in [4.78, 5) is 2.15. The Labute approximate surface area is 128 Å². The number of hydrogen-bond donors (Lipinski definition) is 1. The van der Waals surface area contributed by atoms with Crippen molar-refractivity contribution in [2.75, 3.05) is 25.5 Å². The molecule has 1 unspecified atom stereocenters. The van der Waals surface area contributed by atoms with E-state index in [1.54, 1.807) is 0 Å². The Morgan fingerprint density at radius 3 is 2.29 bits per heavy atom. The maximum absolute atomic E-state index is 3.68. The number of anilines is 1. The molecule has 0 radical (unpaired) electrons. The van der Waals surface area contributed by atoms with Crippen molar-refractivity contribution in [3.05, 3.63) is 65.2 Å². The Hall–Kier alpha value is -1.80. The first-order valence-electron chi connectivity index (χ1n) is 7.69. The average molecular weight is 282 g/mol. The van der Waals surface area contributed by atoms with Crippen molar-refractivity contribution in [3.63, 3.8) is 0 Å². The van der Waals surface area contributed by atoms with E-state index >= 15 is 0 Å². The molecule has 2 nitrogen and oxygen atoms in total. The van der Waals surface area contributed by atoms with Crippen LogP contribution >= 0.6 is 0 Å². The van der Waals surface area contributed by atoms with Crippen molar-refractivity contribution in [3.8, 4) is 0 Å². The molecular weight excluding hydrogens is 256 g/mol. The van der Waals surface area contributed by atoms with Gasteiger partial charge in [-0.15, -0.1) is 0 Å². The minimum absolute atomic E-state index is 0.254. The van der Waals surface area contributed by atoms with Crippen molar-refractivity contribution in [2.45, 2.75) is 26.3 Å². The molecule has 21 heavy (non-hydrogen) atoms. The highest BCUT2D eigenvalue weighted by atomic mass is 15.1. The highest BCUT2D eigenvalue weighted by Gasteiger charge is 2.14. The van der Waals surface area contributed by atoms with Crippen LogP contribution in [0.3, 0.4) is 0 Å². The van der Waals surface area contributed by atoms with Gasteiger partial charge in [0.05, 0.1) is 6.04 Å². The third-order valence-corrected chi connectivity index (χ3v) is 3.69. The lowest BCUT2D eigenvalue weighted by molar-refractivity contribution is 0.598. The van der Waals surface area contributed by atoms with E-state index < -0.39 is 0 Å². The zero-order valence-electron chi connectivity index (χ0n) is 13.6. The minimum Gasteiger partial charge on any atom is -0.378 e. The lowest BCUT2D eigenvalue weighted by Crippen LogP contribution is -2.23. The molecule has 1 atom stereocenters. The molecule has 2 heteroatoms. The van der Waals surface area contributed by atoms with Crippen LogP contribution in [-0.2, 0) is 0 Å². The number of benzene rings is 2. The van der Waals surface area contributed by atoms with Crippen LogP contribution in [0.5, 0.6) is 0 Å². The van der Waals surface area contributed by atoms with Gasteiger partial charge in [-0.3, -0.25) is 0 Å². The normalized spacial score (nSPS) is 12.2. The van der Waals surface area contributed by atoms with E-state index in [-0.39, 0.29) is 6.04 Å². The zero-order chi connectivity index (χ0) is 15.2. The molecule has 2 rings (SSSR count). The molecule has 112 valence electrons. The molecule has 0 saturated heterocycles. The second-order valence-corrected chi connectivity index (χ2v) is 5.79. The lowest BCUT2D eigenvalue weighted by Gasteiger charge is -2.22. The first-order valence-corrected chi connectivity index (χ1v) is 7.69. The molecule has 0 heterocycles. The van der Waals surface area contributed by atoms with E-state index in [1.165, 1.54) is 22.4 Å². The predicted molar refractivity (Wildman–Crippen MR) is 92.1 cm³/mol. The van der Waals surface area contributed by atoms with E-state index in [0.717, 1.165) is 13.0 Å². The van der Waals surface area contributed by atoms with E-state index in [2.05, 4.69) is 86.7 Å². The van der Waals surface area contributed by atoms with Gasteiger partial charge in [0.1, 0.15) is 0 Å². The number of rotatable bonds is 6. The Morgan fingerprint density at radius 1 is 1.00 bits per heavy atom. The number of aryl methyl sites for hydroxylation is 1. The summed E-state index contributed by atoms with van der Waals surface area (Å²) in [7, 11) is 4.17. The molecule has 2 aromatic carbocycles. The van der Waals surface area contributed by atoms with E-state index in [1.807, 2.05) is 0 Å². The molecule has 0 saturated carbocycles. The summed E-state index contributed by atoms with van der Waals surface area (Å²) in [6, 6.07) is 17.8. The van der Waals surface area contributed by atoms with Gasteiger partial charge in [0.15, 0.2) is 0 Å². The van der Waals surface area contributed by atoms with Crippen molar-refractivity contribution in [1.29, 1.82) is 0 Å². The van der Waals surface area contributed by atoms with Gasteiger partial charge in [-0.1, -0.05) is 48.9 Å². The maximum atomic E-state index is 3.68. The number of nitrogens with zero attached hydrogens (tertiary/aromatic N) is 1. The fourth-order valence-electron chi connectivity index (χ4n) is 2.55. The Balaban J connectivity index is 2.37. The van der Waals surface area contributed by atoms with E-state index in [9.17, 15) is 0 Å². The van der Waals surface area contributed by atoms with Gasteiger partial charge in [-0.2, -0.15) is 0 Å². The molecule has 0 aliphatic heterocycles. The summed E-state index contributed by atoms with van der Waals surface area (Å²) in [6.07, 6.45) is 1.13. The first-order chi connectivity index (χ1) is 10.1. The van der Waals surface area contributed by atoms with E-state index in [0.29, 0.717) is 0 Å². The van der Waals surface area contributed by atoms with Crippen LogP contribution in [0.25, 0.3) is 0 Å². The summed E-state index contributed by atoms with van der Waals surface area (Å²) in [5.41, 5.74) is 5.20. The Kier molecular flexibility index (Phi) is 5.40. The van der Waals surface area contributed by atoms with Gasteiger partial charge >= 0.3 is 0 Å². The second-order valence-electron chi connectivity index (χ2n) is 5.79. The van der Waals surface area contributed by atoms with Gasteiger partial charge in [0.2, 0.25) is 0 Å².